The molecule has 2 rings (SSSR count). The molecular formula is C11H13N3O. The Kier molecular flexibility index (Phi) is 3.11. The van der Waals surface area contributed by atoms with Gasteiger partial charge in [-0.2, -0.15) is 5.48 Å². The van der Waals surface area contributed by atoms with Crippen LogP contribution in [0.2, 0.25) is 0 Å². The first kappa shape index (κ1) is 9.89. The van der Waals surface area contributed by atoms with Crippen LogP contribution in [0.25, 0.3) is 11.4 Å². The number of aromatic nitrogens is 2. The molecule has 0 saturated carbocycles. The molecule has 0 bridgehead atoms. The van der Waals surface area contributed by atoms with Gasteiger partial charge in [0.2, 0.25) is 0 Å². The Morgan fingerprint density at radius 3 is 2.73 bits per heavy atom. The number of imidazole rings is 1. The molecule has 1 aromatic heterocycles. The standard InChI is InChI=1S/C11H13N3O/c1-15-14-8-9-2-4-10(5-3-9)11-12-6-7-13-11/h2-7,14H,8H2,1H3,(H,12,13). The zero-order valence-electron chi connectivity index (χ0n) is 8.53. The van der Waals surface area contributed by atoms with E-state index in [9.17, 15) is 0 Å². The van der Waals surface area contributed by atoms with Crippen LogP contribution in [0.3, 0.4) is 0 Å². The van der Waals surface area contributed by atoms with Crippen LogP contribution in [-0.2, 0) is 11.4 Å². The Bertz CT molecular complexity index is 394. The molecule has 0 saturated heterocycles. The maximum Gasteiger partial charge on any atom is 0.137 e. The largest absolute Gasteiger partial charge is 0.345 e. The van der Waals surface area contributed by atoms with E-state index < -0.39 is 0 Å². The molecule has 78 valence electrons. The maximum absolute atomic E-state index is 4.78. The van der Waals surface area contributed by atoms with Crippen molar-refractivity contribution in [3.8, 4) is 11.4 Å². The summed E-state index contributed by atoms with van der Waals surface area (Å²) in [6.07, 6.45) is 3.56. The van der Waals surface area contributed by atoms with E-state index in [1.54, 1.807) is 13.3 Å². The first-order valence-corrected chi connectivity index (χ1v) is 4.74. The summed E-state index contributed by atoms with van der Waals surface area (Å²) in [6.45, 7) is 0.703. The van der Waals surface area contributed by atoms with Crippen LogP contribution in [0.4, 0.5) is 0 Å². The van der Waals surface area contributed by atoms with Crippen molar-refractivity contribution in [2.75, 3.05) is 7.11 Å². The fourth-order valence-electron chi connectivity index (χ4n) is 1.36. The zero-order chi connectivity index (χ0) is 10.5. The van der Waals surface area contributed by atoms with Gasteiger partial charge in [-0.15, -0.1) is 0 Å². The summed E-state index contributed by atoms with van der Waals surface area (Å²) in [4.78, 5) is 12.0. The lowest BCUT2D eigenvalue weighted by atomic mass is 10.1. The summed E-state index contributed by atoms with van der Waals surface area (Å²) in [7, 11) is 1.61. The molecule has 1 aromatic carbocycles. The second-order valence-corrected chi connectivity index (χ2v) is 3.16. The number of benzene rings is 1. The molecule has 4 nitrogen and oxygen atoms in total. The minimum Gasteiger partial charge on any atom is -0.345 e. The van der Waals surface area contributed by atoms with Gasteiger partial charge in [0.1, 0.15) is 5.82 Å². The monoisotopic (exact) mass is 203 g/mol. The lowest BCUT2D eigenvalue weighted by Gasteiger charge is -2.02. The lowest BCUT2D eigenvalue weighted by Crippen LogP contribution is -2.10. The lowest BCUT2D eigenvalue weighted by molar-refractivity contribution is 0.0867. The molecule has 0 atom stereocenters. The SMILES string of the molecule is CONCc1ccc(-c2ncc[nH]2)cc1. The predicted octanol–water partition coefficient (Wildman–Crippen LogP) is 1.73. The molecule has 0 fully saturated rings. The molecule has 0 spiro atoms. The van der Waals surface area contributed by atoms with E-state index in [4.69, 9.17) is 4.84 Å². The molecule has 1 heterocycles. The van der Waals surface area contributed by atoms with Crippen molar-refractivity contribution in [2.45, 2.75) is 6.54 Å². The Morgan fingerprint density at radius 1 is 1.33 bits per heavy atom. The second kappa shape index (κ2) is 4.72. The van der Waals surface area contributed by atoms with Crippen molar-refractivity contribution >= 4 is 0 Å². The summed E-state index contributed by atoms with van der Waals surface area (Å²) >= 11 is 0. The normalized spacial score (nSPS) is 10.5. The van der Waals surface area contributed by atoms with Crippen LogP contribution in [-0.4, -0.2) is 17.1 Å². The number of nitrogens with one attached hydrogen (secondary N) is 2. The molecule has 0 aliphatic rings. The highest BCUT2D eigenvalue weighted by atomic mass is 16.6. The van der Waals surface area contributed by atoms with Crippen molar-refractivity contribution in [2.24, 2.45) is 0 Å². The van der Waals surface area contributed by atoms with Gasteiger partial charge in [0, 0.05) is 24.5 Å². The van der Waals surface area contributed by atoms with E-state index in [1.165, 1.54) is 5.56 Å². The zero-order valence-corrected chi connectivity index (χ0v) is 8.53. The fourth-order valence-corrected chi connectivity index (χ4v) is 1.36. The van der Waals surface area contributed by atoms with Crippen LogP contribution >= 0.6 is 0 Å². The van der Waals surface area contributed by atoms with E-state index in [-0.39, 0.29) is 0 Å². The Balaban J connectivity index is 2.11. The van der Waals surface area contributed by atoms with Crippen molar-refractivity contribution < 1.29 is 4.84 Å². The third-order valence-electron chi connectivity index (χ3n) is 2.15. The summed E-state index contributed by atoms with van der Waals surface area (Å²) in [5, 5.41) is 0. The number of rotatable bonds is 4. The summed E-state index contributed by atoms with van der Waals surface area (Å²) in [5.74, 6) is 0.890. The third kappa shape index (κ3) is 2.43. The first-order valence-electron chi connectivity index (χ1n) is 4.74. The highest BCUT2D eigenvalue weighted by Crippen LogP contribution is 2.14. The van der Waals surface area contributed by atoms with Gasteiger partial charge in [-0.05, 0) is 5.56 Å². The number of hydrogen-bond donors (Lipinski definition) is 2. The fraction of sp³-hybridized carbons (Fsp3) is 0.182. The van der Waals surface area contributed by atoms with E-state index in [1.807, 2.05) is 30.5 Å². The van der Waals surface area contributed by atoms with Gasteiger partial charge in [0.15, 0.2) is 0 Å². The smallest absolute Gasteiger partial charge is 0.137 e. The van der Waals surface area contributed by atoms with Crippen LogP contribution in [0.15, 0.2) is 36.7 Å². The molecule has 2 aromatic rings. The molecule has 0 radical (unpaired) electrons. The van der Waals surface area contributed by atoms with E-state index in [2.05, 4.69) is 15.4 Å². The molecular weight excluding hydrogens is 190 g/mol. The molecule has 4 heteroatoms. The highest BCUT2D eigenvalue weighted by molar-refractivity contribution is 5.54. The molecule has 0 amide bonds. The Morgan fingerprint density at radius 2 is 2.13 bits per heavy atom. The number of hydroxylamine groups is 1. The van der Waals surface area contributed by atoms with Gasteiger partial charge in [0.05, 0.1) is 7.11 Å². The van der Waals surface area contributed by atoms with E-state index in [0.717, 1.165) is 11.4 Å². The molecule has 2 N–H and O–H groups in total. The van der Waals surface area contributed by atoms with Crippen LogP contribution in [0.1, 0.15) is 5.56 Å². The maximum atomic E-state index is 4.78. The molecule has 15 heavy (non-hydrogen) atoms. The Hall–Kier alpha value is -1.65. The van der Waals surface area contributed by atoms with Gasteiger partial charge >= 0.3 is 0 Å². The number of aromatic amines is 1. The van der Waals surface area contributed by atoms with Crippen molar-refractivity contribution in [3.63, 3.8) is 0 Å². The topological polar surface area (TPSA) is 49.9 Å². The number of H-pyrrole nitrogens is 1. The highest BCUT2D eigenvalue weighted by Gasteiger charge is 1.99. The minimum absolute atomic E-state index is 0.703. The number of nitrogens with zero attached hydrogens (tertiary/aromatic N) is 1. The summed E-state index contributed by atoms with van der Waals surface area (Å²) in [5.41, 5.74) is 5.05. The average molecular weight is 203 g/mol. The van der Waals surface area contributed by atoms with Gasteiger partial charge in [-0.3, -0.25) is 0 Å². The summed E-state index contributed by atoms with van der Waals surface area (Å²) in [6, 6.07) is 8.16. The Labute approximate surface area is 88.3 Å². The second-order valence-electron chi connectivity index (χ2n) is 3.16. The van der Waals surface area contributed by atoms with Gasteiger partial charge in [-0.1, -0.05) is 24.3 Å². The average Bonchev–Trinajstić information content (AvgIpc) is 2.80. The number of hydrogen-bond acceptors (Lipinski definition) is 3. The predicted molar refractivity (Wildman–Crippen MR) is 57.9 cm³/mol. The molecule has 0 aliphatic carbocycles. The first-order chi connectivity index (χ1) is 7.40. The minimum atomic E-state index is 0.703. The van der Waals surface area contributed by atoms with Gasteiger partial charge in [0.25, 0.3) is 0 Å². The van der Waals surface area contributed by atoms with Crippen LogP contribution < -0.4 is 5.48 Å². The van der Waals surface area contributed by atoms with E-state index in [0.29, 0.717) is 6.54 Å². The van der Waals surface area contributed by atoms with Gasteiger partial charge in [-0.25, -0.2) is 4.98 Å². The summed E-state index contributed by atoms with van der Waals surface area (Å²) < 4.78 is 0. The quantitative estimate of drug-likeness (QED) is 0.744. The van der Waals surface area contributed by atoms with Crippen LogP contribution in [0, 0.1) is 0 Å². The van der Waals surface area contributed by atoms with Crippen molar-refractivity contribution in [3.05, 3.63) is 42.2 Å². The molecule has 0 unspecified atom stereocenters. The van der Waals surface area contributed by atoms with Gasteiger partial charge < -0.3 is 9.82 Å². The third-order valence-corrected chi connectivity index (χ3v) is 2.15. The molecule has 0 aliphatic heterocycles. The van der Waals surface area contributed by atoms with Crippen molar-refractivity contribution in [1.82, 2.24) is 15.4 Å². The van der Waals surface area contributed by atoms with E-state index >= 15 is 0 Å². The van der Waals surface area contributed by atoms with Crippen LogP contribution in [0.5, 0.6) is 0 Å². The van der Waals surface area contributed by atoms with Crippen molar-refractivity contribution in [1.29, 1.82) is 0 Å².